The van der Waals surface area contributed by atoms with Crippen molar-refractivity contribution in [3.05, 3.63) is 0 Å². The second-order valence-corrected chi connectivity index (χ2v) is 7.00. The summed E-state index contributed by atoms with van der Waals surface area (Å²) in [5.41, 5.74) is -0.490. The number of likely N-dealkylation sites (tertiary alicyclic amines) is 1. The van der Waals surface area contributed by atoms with Gasteiger partial charge in [-0.3, -0.25) is 9.69 Å². The molecule has 1 amide bonds. The number of alkyl carbamates (subject to hydrolysis) is 1. The fraction of sp³-hybridized carbons (Fsp3) is 0.867. The Bertz CT molecular complexity index is 348. The van der Waals surface area contributed by atoms with Gasteiger partial charge < -0.3 is 10.1 Å². The average Bonchev–Trinajstić information content (AvgIpc) is 2.59. The van der Waals surface area contributed by atoms with Crippen LogP contribution < -0.4 is 5.32 Å². The van der Waals surface area contributed by atoms with Crippen molar-refractivity contribution in [1.29, 1.82) is 0 Å². The summed E-state index contributed by atoms with van der Waals surface area (Å²) in [5, 5.41) is 2.93. The third-order valence-electron chi connectivity index (χ3n) is 3.06. The van der Waals surface area contributed by atoms with Gasteiger partial charge in [0.1, 0.15) is 11.4 Å². The molecule has 0 aliphatic carbocycles. The van der Waals surface area contributed by atoms with Gasteiger partial charge in [-0.15, -0.1) is 0 Å². The van der Waals surface area contributed by atoms with Crippen molar-refractivity contribution in [1.82, 2.24) is 10.2 Å². The van der Waals surface area contributed by atoms with Crippen LogP contribution >= 0.6 is 0 Å². The molecule has 20 heavy (non-hydrogen) atoms. The summed E-state index contributed by atoms with van der Waals surface area (Å²) in [4.78, 5) is 25.3. The van der Waals surface area contributed by atoms with Crippen molar-refractivity contribution < 1.29 is 14.3 Å². The maximum atomic E-state index is 11.9. The van der Waals surface area contributed by atoms with Crippen LogP contribution in [0.4, 0.5) is 4.79 Å². The Hall–Kier alpha value is -1.10. The Morgan fingerprint density at radius 1 is 1.40 bits per heavy atom. The van der Waals surface area contributed by atoms with Crippen molar-refractivity contribution in [2.75, 3.05) is 19.6 Å². The number of amides is 1. The van der Waals surface area contributed by atoms with Gasteiger partial charge in [0.25, 0.3) is 0 Å². The topological polar surface area (TPSA) is 58.6 Å². The van der Waals surface area contributed by atoms with Crippen LogP contribution in [0.2, 0.25) is 0 Å². The highest BCUT2D eigenvalue weighted by Crippen LogP contribution is 2.12. The number of nitrogens with zero attached hydrogens (tertiary/aromatic N) is 1. The van der Waals surface area contributed by atoms with E-state index in [4.69, 9.17) is 4.74 Å². The molecule has 0 aromatic heterocycles. The van der Waals surface area contributed by atoms with E-state index in [0.717, 1.165) is 13.0 Å². The number of hydrogen-bond acceptors (Lipinski definition) is 4. The van der Waals surface area contributed by atoms with E-state index in [1.165, 1.54) is 0 Å². The van der Waals surface area contributed by atoms with Crippen LogP contribution in [-0.4, -0.2) is 48.1 Å². The SMILES string of the molecule is CC(C)C[C@@H](CN1CCC(=O)C1)NC(=O)OC(C)(C)C. The lowest BCUT2D eigenvalue weighted by Gasteiger charge is -2.27. The van der Waals surface area contributed by atoms with Crippen LogP contribution in [0.3, 0.4) is 0 Å². The summed E-state index contributed by atoms with van der Waals surface area (Å²) >= 11 is 0. The van der Waals surface area contributed by atoms with Crippen LogP contribution in [0.15, 0.2) is 0 Å². The number of Topliss-reactive ketones (excluding diaryl/α,β-unsaturated/α-hetero) is 1. The summed E-state index contributed by atoms with van der Waals surface area (Å²) in [7, 11) is 0. The quantitative estimate of drug-likeness (QED) is 0.841. The van der Waals surface area contributed by atoms with Crippen LogP contribution in [0.25, 0.3) is 0 Å². The predicted octanol–water partition coefficient (Wildman–Crippen LogP) is 2.20. The molecule has 1 aliphatic heterocycles. The molecule has 1 heterocycles. The molecular formula is C15H28N2O3. The van der Waals surface area contributed by atoms with Crippen LogP contribution in [0.5, 0.6) is 0 Å². The Labute approximate surface area is 122 Å². The predicted molar refractivity (Wildman–Crippen MR) is 78.7 cm³/mol. The van der Waals surface area contributed by atoms with E-state index in [9.17, 15) is 9.59 Å². The zero-order valence-electron chi connectivity index (χ0n) is 13.4. The Morgan fingerprint density at radius 2 is 2.05 bits per heavy atom. The van der Waals surface area contributed by atoms with Crippen molar-refractivity contribution in [2.45, 2.75) is 59.1 Å². The fourth-order valence-electron chi connectivity index (χ4n) is 2.38. The molecule has 0 aromatic rings. The van der Waals surface area contributed by atoms with E-state index in [1.54, 1.807) is 0 Å². The molecule has 0 spiro atoms. The highest BCUT2D eigenvalue weighted by molar-refractivity contribution is 5.82. The lowest BCUT2D eigenvalue weighted by atomic mass is 10.0. The van der Waals surface area contributed by atoms with Gasteiger partial charge in [-0.1, -0.05) is 13.8 Å². The van der Waals surface area contributed by atoms with Crippen LogP contribution in [0, 0.1) is 5.92 Å². The lowest BCUT2D eigenvalue weighted by Crippen LogP contribution is -2.45. The van der Waals surface area contributed by atoms with E-state index >= 15 is 0 Å². The molecule has 0 unspecified atom stereocenters. The van der Waals surface area contributed by atoms with Gasteiger partial charge in [0.15, 0.2) is 0 Å². The molecule has 5 heteroatoms. The first-order valence-electron chi connectivity index (χ1n) is 7.39. The second-order valence-electron chi connectivity index (χ2n) is 7.00. The number of carbonyl (C=O) groups excluding carboxylic acids is 2. The minimum Gasteiger partial charge on any atom is -0.444 e. The number of carbonyl (C=O) groups is 2. The lowest BCUT2D eigenvalue weighted by molar-refractivity contribution is -0.116. The minimum absolute atomic E-state index is 0.0238. The summed E-state index contributed by atoms with van der Waals surface area (Å²) < 4.78 is 5.30. The van der Waals surface area contributed by atoms with E-state index in [-0.39, 0.29) is 17.9 Å². The van der Waals surface area contributed by atoms with E-state index in [1.807, 2.05) is 20.8 Å². The third-order valence-corrected chi connectivity index (χ3v) is 3.06. The monoisotopic (exact) mass is 284 g/mol. The molecular weight excluding hydrogens is 256 g/mol. The molecule has 1 atom stereocenters. The number of ether oxygens (including phenoxy) is 1. The maximum Gasteiger partial charge on any atom is 0.407 e. The summed E-state index contributed by atoms with van der Waals surface area (Å²) in [6.07, 6.45) is 1.12. The smallest absolute Gasteiger partial charge is 0.407 e. The first-order chi connectivity index (χ1) is 9.15. The molecule has 116 valence electrons. The second kappa shape index (κ2) is 7.07. The summed E-state index contributed by atoms with van der Waals surface area (Å²) in [6, 6.07) is 0.0238. The van der Waals surface area contributed by atoms with Gasteiger partial charge in [-0.25, -0.2) is 4.79 Å². The molecule has 0 saturated carbocycles. The largest absolute Gasteiger partial charge is 0.444 e. The zero-order valence-corrected chi connectivity index (χ0v) is 13.4. The van der Waals surface area contributed by atoms with Crippen molar-refractivity contribution >= 4 is 11.9 Å². The van der Waals surface area contributed by atoms with Gasteiger partial charge in [0.2, 0.25) is 0 Å². The van der Waals surface area contributed by atoms with Gasteiger partial charge in [0, 0.05) is 25.6 Å². The number of rotatable bonds is 5. The van der Waals surface area contributed by atoms with Gasteiger partial charge in [-0.05, 0) is 33.1 Å². The van der Waals surface area contributed by atoms with Crippen LogP contribution in [-0.2, 0) is 9.53 Å². The molecule has 5 nitrogen and oxygen atoms in total. The van der Waals surface area contributed by atoms with Crippen molar-refractivity contribution in [2.24, 2.45) is 5.92 Å². The Morgan fingerprint density at radius 3 is 2.50 bits per heavy atom. The average molecular weight is 284 g/mol. The van der Waals surface area contributed by atoms with Crippen molar-refractivity contribution in [3.8, 4) is 0 Å². The first-order valence-corrected chi connectivity index (χ1v) is 7.39. The standard InChI is InChI=1S/C15H28N2O3/c1-11(2)8-12(9-17-7-6-13(18)10-17)16-14(19)20-15(3,4)5/h11-12H,6-10H2,1-5H3,(H,16,19)/t12-/m0/s1. The molecule has 1 saturated heterocycles. The van der Waals surface area contributed by atoms with E-state index in [2.05, 4.69) is 24.1 Å². The van der Waals surface area contributed by atoms with Gasteiger partial charge >= 0.3 is 6.09 Å². The number of nitrogens with one attached hydrogen (secondary N) is 1. The molecule has 1 N–H and O–H groups in total. The highest BCUT2D eigenvalue weighted by atomic mass is 16.6. The molecule has 0 aromatic carbocycles. The van der Waals surface area contributed by atoms with Crippen LogP contribution in [0.1, 0.15) is 47.5 Å². The Balaban J connectivity index is 2.51. The third kappa shape index (κ3) is 6.89. The number of ketones is 1. The molecule has 1 fully saturated rings. The highest BCUT2D eigenvalue weighted by Gasteiger charge is 2.25. The molecule has 0 radical (unpaired) electrons. The van der Waals surface area contributed by atoms with Crippen molar-refractivity contribution in [3.63, 3.8) is 0 Å². The molecule has 1 rings (SSSR count). The molecule has 0 bridgehead atoms. The summed E-state index contributed by atoms with van der Waals surface area (Å²) in [6.45, 7) is 11.8. The molecule has 1 aliphatic rings. The van der Waals surface area contributed by atoms with E-state index in [0.29, 0.717) is 25.4 Å². The summed E-state index contributed by atoms with van der Waals surface area (Å²) in [5.74, 6) is 0.763. The zero-order chi connectivity index (χ0) is 15.3. The van der Waals surface area contributed by atoms with E-state index < -0.39 is 5.60 Å². The minimum atomic E-state index is -0.490. The Kier molecular flexibility index (Phi) is 5.99. The fourth-order valence-corrected chi connectivity index (χ4v) is 2.38. The first kappa shape index (κ1) is 17.0. The van der Waals surface area contributed by atoms with Gasteiger partial charge in [0.05, 0.1) is 6.54 Å². The van der Waals surface area contributed by atoms with Gasteiger partial charge in [-0.2, -0.15) is 0 Å². The maximum absolute atomic E-state index is 11.9. The number of hydrogen-bond donors (Lipinski definition) is 1. The normalized spacial score (nSPS) is 18.4.